The fraction of sp³-hybridized carbons (Fsp3) is 0.324. The van der Waals surface area contributed by atoms with Crippen LogP contribution in [0.5, 0.6) is 11.5 Å². The summed E-state index contributed by atoms with van der Waals surface area (Å²) in [6.07, 6.45) is 8.77. The minimum atomic E-state index is -0.396. The van der Waals surface area contributed by atoms with Crippen molar-refractivity contribution in [2.24, 2.45) is 0 Å². The molecule has 0 spiro atoms. The van der Waals surface area contributed by atoms with E-state index < -0.39 is 6.03 Å². The average Bonchev–Trinajstić information content (AvgIpc) is 3.58. The van der Waals surface area contributed by atoms with Gasteiger partial charge in [0.05, 0.1) is 30.4 Å². The summed E-state index contributed by atoms with van der Waals surface area (Å²) in [6.45, 7) is 9.65. The molecule has 0 bridgehead atoms. The van der Waals surface area contributed by atoms with E-state index in [2.05, 4.69) is 59.5 Å². The van der Waals surface area contributed by atoms with Crippen LogP contribution in [0.2, 0.25) is 0 Å². The zero-order valence-corrected chi connectivity index (χ0v) is 26.9. The Morgan fingerprint density at radius 3 is 2.41 bits per heavy atom. The molecule has 46 heavy (non-hydrogen) atoms. The van der Waals surface area contributed by atoms with Gasteiger partial charge in [0.2, 0.25) is 0 Å². The minimum Gasteiger partial charge on any atom is -0.491 e. The van der Waals surface area contributed by atoms with Crippen LogP contribution in [-0.4, -0.2) is 41.1 Å². The summed E-state index contributed by atoms with van der Waals surface area (Å²) in [4.78, 5) is 24.7. The summed E-state index contributed by atoms with van der Waals surface area (Å²) in [5.41, 5.74) is 5.14. The third kappa shape index (κ3) is 7.15. The number of carbonyl (C=O) groups is 1. The van der Waals surface area contributed by atoms with Crippen molar-refractivity contribution in [2.75, 3.05) is 30.8 Å². The summed E-state index contributed by atoms with van der Waals surface area (Å²) in [5.74, 6) is 1.49. The Hall–Kier alpha value is -4.89. The van der Waals surface area contributed by atoms with Gasteiger partial charge in [0.15, 0.2) is 23.7 Å². The number of rotatable bonds is 9. The second-order valence-electron chi connectivity index (χ2n) is 12.7. The van der Waals surface area contributed by atoms with Crippen LogP contribution < -0.4 is 20.1 Å². The van der Waals surface area contributed by atoms with Crippen molar-refractivity contribution in [1.82, 2.24) is 14.9 Å². The maximum absolute atomic E-state index is 13.5. The van der Waals surface area contributed by atoms with Crippen LogP contribution in [-0.2, 0) is 18.6 Å². The fourth-order valence-electron chi connectivity index (χ4n) is 5.87. The number of likely N-dealkylation sites (tertiary alicyclic amines) is 1. The maximum Gasteiger partial charge on any atom is 0.323 e. The number of hydrogen-bond donors (Lipinski definition) is 2. The number of pyridine rings is 1. The zero-order chi connectivity index (χ0) is 32.1. The van der Waals surface area contributed by atoms with Gasteiger partial charge < -0.3 is 24.5 Å². The molecule has 1 aliphatic rings. The molecule has 238 valence electrons. The Labute approximate surface area is 270 Å². The number of carbonyl (C=O) groups excluding carboxylic acids is 1. The number of ether oxygens (including phenoxy) is 2. The van der Waals surface area contributed by atoms with Gasteiger partial charge in [0.25, 0.3) is 0 Å². The molecular weight excluding hydrogens is 578 g/mol. The quantitative estimate of drug-likeness (QED) is 0.171. The number of amides is 2. The molecule has 0 unspecified atom stereocenters. The van der Waals surface area contributed by atoms with Gasteiger partial charge in [0.1, 0.15) is 6.61 Å². The third-order valence-electron chi connectivity index (χ3n) is 8.37. The molecule has 6 rings (SSSR count). The number of methoxy groups -OCH3 is 1. The van der Waals surface area contributed by atoms with Crippen LogP contribution >= 0.6 is 0 Å². The molecule has 1 aliphatic heterocycles. The smallest absolute Gasteiger partial charge is 0.323 e. The van der Waals surface area contributed by atoms with Crippen LogP contribution in [0.4, 0.5) is 16.2 Å². The number of benzene rings is 3. The molecule has 1 fully saturated rings. The molecule has 0 atom stereocenters. The van der Waals surface area contributed by atoms with Crippen LogP contribution in [0, 0.1) is 0 Å². The largest absolute Gasteiger partial charge is 0.491 e. The molecule has 3 heterocycles. The van der Waals surface area contributed by atoms with Gasteiger partial charge in [0, 0.05) is 23.7 Å². The first kappa shape index (κ1) is 31.1. The van der Waals surface area contributed by atoms with Gasteiger partial charge in [-0.2, -0.15) is 0 Å². The highest BCUT2D eigenvalue weighted by Gasteiger charge is 2.22. The Morgan fingerprint density at radius 2 is 1.72 bits per heavy atom. The lowest BCUT2D eigenvalue weighted by Gasteiger charge is -2.25. The second kappa shape index (κ2) is 13.6. The van der Waals surface area contributed by atoms with E-state index in [0.29, 0.717) is 28.6 Å². The fourth-order valence-corrected chi connectivity index (χ4v) is 5.87. The van der Waals surface area contributed by atoms with E-state index in [1.807, 2.05) is 48.7 Å². The predicted octanol–water partition coefficient (Wildman–Crippen LogP) is 8.40. The SMILES string of the molecule is COc1c(NC(=O)Nc2ccc(-c3ccc(CN4CCCCC4)nc3)c3ccccc23)cc(C(C)(C)C)cc1OCc1cnco1. The van der Waals surface area contributed by atoms with Gasteiger partial charge in [-0.25, -0.2) is 9.78 Å². The normalized spacial score (nSPS) is 13.8. The maximum atomic E-state index is 13.5. The van der Waals surface area contributed by atoms with Crippen molar-refractivity contribution in [3.63, 3.8) is 0 Å². The van der Waals surface area contributed by atoms with E-state index in [1.54, 1.807) is 13.3 Å². The Kier molecular flexibility index (Phi) is 9.21. The van der Waals surface area contributed by atoms with E-state index in [1.165, 1.54) is 25.7 Å². The average molecular weight is 620 g/mol. The van der Waals surface area contributed by atoms with Crippen molar-refractivity contribution in [3.8, 4) is 22.6 Å². The molecule has 2 amide bonds. The van der Waals surface area contributed by atoms with Gasteiger partial charge >= 0.3 is 6.03 Å². The van der Waals surface area contributed by atoms with E-state index in [9.17, 15) is 4.79 Å². The number of oxazole rings is 1. The lowest BCUT2D eigenvalue weighted by atomic mass is 9.86. The highest BCUT2D eigenvalue weighted by Crippen LogP contribution is 2.41. The highest BCUT2D eigenvalue weighted by atomic mass is 16.5. The number of aromatic nitrogens is 2. The van der Waals surface area contributed by atoms with Crippen molar-refractivity contribution in [2.45, 2.75) is 58.6 Å². The number of piperidine rings is 1. The summed E-state index contributed by atoms with van der Waals surface area (Å²) in [7, 11) is 1.55. The first-order valence-electron chi connectivity index (χ1n) is 15.8. The van der Waals surface area contributed by atoms with Gasteiger partial charge in [-0.1, -0.05) is 63.6 Å². The number of nitrogens with one attached hydrogen (secondary N) is 2. The van der Waals surface area contributed by atoms with Crippen LogP contribution in [0.1, 0.15) is 57.1 Å². The van der Waals surface area contributed by atoms with Gasteiger partial charge in [-0.15, -0.1) is 0 Å². The molecule has 9 nitrogen and oxygen atoms in total. The van der Waals surface area contributed by atoms with Crippen molar-refractivity contribution in [3.05, 3.63) is 96.5 Å². The van der Waals surface area contributed by atoms with Crippen molar-refractivity contribution in [1.29, 1.82) is 0 Å². The van der Waals surface area contributed by atoms with Crippen LogP contribution in [0.25, 0.3) is 21.9 Å². The third-order valence-corrected chi connectivity index (χ3v) is 8.37. The molecule has 0 aliphatic carbocycles. The molecule has 0 saturated carbocycles. The first-order valence-corrected chi connectivity index (χ1v) is 15.8. The van der Waals surface area contributed by atoms with Gasteiger partial charge in [-0.05, 0) is 72.1 Å². The monoisotopic (exact) mass is 619 g/mol. The highest BCUT2D eigenvalue weighted by molar-refractivity contribution is 6.10. The number of anilines is 2. The molecule has 9 heteroatoms. The summed E-state index contributed by atoms with van der Waals surface area (Å²) < 4.78 is 17.1. The summed E-state index contributed by atoms with van der Waals surface area (Å²) in [6, 6.07) is 19.8. The molecular formula is C37H41N5O4. The lowest BCUT2D eigenvalue weighted by Crippen LogP contribution is -2.29. The van der Waals surface area contributed by atoms with E-state index in [0.717, 1.165) is 52.8 Å². The number of hydrogen-bond acceptors (Lipinski definition) is 7. The van der Waals surface area contributed by atoms with E-state index >= 15 is 0 Å². The lowest BCUT2D eigenvalue weighted by molar-refractivity contribution is 0.218. The molecule has 3 aromatic carbocycles. The Balaban J connectivity index is 1.23. The number of urea groups is 1. The predicted molar refractivity (Wildman–Crippen MR) is 181 cm³/mol. The molecule has 1 saturated heterocycles. The van der Waals surface area contributed by atoms with Crippen LogP contribution in [0.3, 0.4) is 0 Å². The number of nitrogens with zero attached hydrogens (tertiary/aromatic N) is 3. The first-order chi connectivity index (χ1) is 22.3. The zero-order valence-electron chi connectivity index (χ0n) is 26.9. The Morgan fingerprint density at radius 1 is 0.935 bits per heavy atom. The van der Waals surface area contributed by atoms with Crippen LogP contribution in [0.15, 0.2) is 83.9 Å². The minimum absolute atomic E-state index is 0.171. The van der Waals surface area contributed by atoms with E-state index in [-0.39, 0.29) is 12.0 Å². The van der Waals surface area contributed by atoms with Gasteiger partial charge in [-0.3, -0.25) is 9.88 Å². The van der Waals surface area contributed by atoms with E-state index in [4.69, 9.17) is 18.9 Å². The molecule has 2 N–H and O–H groups in total. The topological polar surface area (TPSA) is 102 Å². The standard InChI is InChI=1S/C37H41N5O4/c1-37(2,3)26-18-33(35(44-4)34(19-26)45-23-28-21-38-24-46-28)41-36(43)40-32-15-14-29(30-10-6-7-11-31(30)32)25-12-13-27(39-20-25)22-42-16-8-5-9-17-42/h6-7,10-15,18-21,24H,5,8-9,16-17,22-23H2,1-4H3,(H2,40,41,43). The second-order valence-corrected chi connectivity index (χ2v) is 12.7. The molecule has 0 radical (unpaired) electrons. The molecule has 5 aromatic rings. The summed E-state index contributed by atoms with van der Waals surface area (Å²) in [5, 5.41) is 8.02. The Bertz CT molecular complexity index is 1790. The number of fused-ring (bicyclic) bond motifs is 1. The molecule has 2 aromatic heterocycles. The summed E-state index contributed by atoms with van der Waals surface area (Å²) >= 11 is 0. The van der Waals surface area contributed by atoms with Crippen molar-refractivity contribution >= 4 is 28.2 Å². The van der Waals surface area contributed by atoms with Crippen molar-refractivity contribution < 1.29 is 18.7 Å².